The Kier molecular flexibility index (Phi) is 6.00. The molecule has 8 heteroatoms. The second-order valence-corrected chi connectivity index (χ2v) is 5.57. The molecule has 0 spiro atoms. The van der Waals surface area contributed by atoms with Gasteiger partial charge < -0.3 is 24.6 Å². The molecule has 1 amide bonds. The number of carbonyl (C=O) groups is 2. The highest BCUT2D eigenvalue weighted by molar-refractivity contribution is 6.06. The molecule has 1 aromatic heterocycles. The molecule has 0 aliphatic rings. The highest BCUT2D eigenvalue weighted by atomic mass is 16.5. The normalized spacial score (nSPS) is 10.3. The van der Waals surface area contributed by atoms with Crippen LogP contribution in [0.2, 0.25) is 0 Å². The van der Waals surface area contributed by atoms with Crippen LogP contribution in [0.4, 0.5) is 5.69 Å². The maximum Gasteiger partial charge on any atom is 0.335 e. The molecular formula is C18H20N2O6. The van der Waals surface area contributed by atoms with E-state index >= 15 is 0 Å². The van der Waals surface area contributed by atoms with E-state index in [9.17, 15) is 14.7 Å². The summed E-state index contributed by atoms with van der Waals surface area (Å²) in [6.45, 7) is 3.74. The first-order chi connectivity index (χ1) is 12.3. The third kappa shape index (κ3) is 4.41. The number of carboxylic acid groups (broad SMARTS) is 1. The number of nitrogens with one attached hydrogen (secondary N) is 1. The Balaban J connectivity index is 2.30. The number of hydrogen-bond donors (Lipinski definition) is 2. The van der Waals surface area contributed by atoms with E-state index in [-0.39, 0.29) is 34.4 Å². The van der Waals surface area contributed by atoms with Crippen LogP contribution in [0.3, 0.4) is 0 Å². The molecule has 0 bridgehead atoms. The van der Waals surface area contributed by atoms with Crippen LogP contribution < -0.4 is 19.5 Å². The fourth-order valence-corrected chi connectivity index (χ4v) is 2.20. The van der Waals surface area contributed by atoms with Gasteiger partial charge in [-0.3, -0.25) is 4.79 Å². The lowest BCUT2D eigenvalue weighted by Gasteiger charge is -2.15. The Morgan fingerprint density at radius 3 is 2.35 bits per heavy atom. The lowest BCUT2D eigenvalue weighted by molar-refractivity contribution is 0.0696. The van der Waals surface area contributed by atoms with Crippen LogP contribution in [0.25, 0.3) is 0 Å². The molecule has 0 saturated heterocycles. The molecule has 1 aromatic carbocycles. The molecule has 0 fully saturated rings. The van der Waals surface area contributed by atoms with Crippen molar-refractivity contribution >= 4 is 17.6 Å². The minimum absolute atomic E-state index is 0.0299. The van der Waals surface area contributed by atoms with E-state index < -0.39 is 11.9 Å². The zero-order valence-electron chi connectivity index (χ0n) is 14.9. The van der Waals surface area contributed by atoms with Crippen molar-refractivity contribution in [3.05, 3.63) is 41.6 Å². The molecular weight excluding hydrogens is 340 g/mol. The number of aromatic carboxylic acids is 1. The van der Waals surface area contributed by atoms with Crippen LogP contribution in [0.5, 0.6) is 17.4 Å². The van der Waals surface area contributed by atoms with Crippen molar-refractivity contribution in [2.75, 3.05) is 19.5 Å². The quantitative estimate of drug-likeness (QED) is 0.782. The zero-order valence-corrected chi connectivity index (χ0v) is 14.9. The molecule has 0 saturated carbocycles. The van der Waals surface area contributed by atoms with Gasteiger partial charge >= 0.3 is 5.97 Å². The van der Waals surface area contributed by atoms with Gasteiger partial charge in [0.1, 0.15) is 0 Å². The van der Waals surface area contributed by atoms with Gasteiger partial charge in [0.05, 0.1) is 37.1 Å². The van der Waals surface area contributed by atoms with Crippen LogP contribution >= 0.6 is 0 Å². The van der Waals surface area contributed by atoms with Gasteiger partial charge in [-0.05, 0) is 32.0 Å². The van der Waals surface area contributed by atoms with Gasteiger partial charge in [0.25, 0.3) is 5.91 Å². The van der Waals surface area contributed by atoms with Crippen molar-refractivity contribution in [3.63, 3.8) is 0 Å². The minimum atomic E-state index is -1.15. The van der Waals surface area contributed by atoms with Crippen molar-refractivity contribution in [1.29, 1.82) is 0 Å². The minimum Gasteiger partial charge on any atom is -0.493 e. The first-order valence-electron chi connectivity index (χ1n) is 7.79. The maximum atomic E-state index is 12.5. The zero-order chi connectivity index (χ0) is 19.3. The van der Waals surface area contributed by atoms with Crippen molar-refractivity contribution in [2.24, 2.45) is 0 Å². The summed E-state index contributed by atoms with van der Waals surface area (Å²) in [7, 11) is 2.78. The third-order valence-corrected chi connectivity index (χ3v) is 3.33. The van der Waals surface area contributed by atoms with Crippen molar-refractivity contribution in [3.8, 4) is 17.4 Å². The number of nitrogens with zero attached hydrogens (tertiary/aromatic N) is 1. The summed E-state index contributed by atoms with van der Waals surface area (Å²) in [6, 6.07) is 5.76. The van der Waals surface area contributed by atoms with Gasteiger partial charge in [0.2, 0.25) is 5.88 Å². The van der Waals surface area contributed by atoms with E-state index in [4.69, 9.17) is 14.2 Å². The van der Waals surface area contributed by atoms with Gasteiger partial charge in [-0.2, -0.15) is 0 Å². The number of anilines is 1. The van der Waals surface area contributed by atoms with Gasteiger partial charge in [0.15, 0.2) is 11.5 Å². The fraction of sp³-hybridized carbons (Fsp3) is 0.278. The number of amides is 1. The van der Waals surface area contributed by atoms with Crippen molar-refractivity contribution in [2.45, 2.75) is 20.0 Å². The van der Waals surface area contributed by atoms with Crippen molar-refractivity contribution < 1.29 is 28.9 Å². The Morgan fingerprint density at radius 1 is 1.12 bits per heavy atom. The summed E-state index contributed by atoms with van der Waals surface area (Å²) in [6.07, 6.45) is 1.34. The van der Waals surface area contributed by atoms with Crippen LogP contribution in [-0.4, -0.2) is 42.3 Å². The van der Waals surface area contributed by atoms with E-state index in [0.717, 1.165) is 0 Å². The number of carbonyl (C=O) groups excluding carboxylic acids is 1. The first kappa shape index (κ1) is 19.0. The van der Waals surface area contributed by atoms with Gasteiger partial charge in [-0.1, -0.05) is 0 Å². The lowest BCUT2D eigenvalue weighted by atomic mass is 10.1. The van der Waals surface area contributed by atoms with E-state index in [2.05, 4.69) is 10.3 Å². The molecule has 26 heavy (non-hydrogen) atoms. The molecule has 0 unspecified atom stereocenters. The largest absolute Gasteiger partial charge is 0.493 e. The standard InChI is InChI=1S/C18H20N2O6/c1-10(2)26-15-6-5-11(9-19-15)17(21)20-13-7-12(18(22)23)8-14(24-3)16(13)25-4/h5-10H,1-4H3,(H,20,21)(H,22,23). The molecule has 0 aliphatic carbocycles. The molecule has 138 valence electrons. The topological polar surface area (TPSA) is 107 Å². The number of ether oxygens (including phenoxy) is 3. The first-order valence-corrected chi connectivity index (χ1v) is 7.79. The van der Waals surface area contributed by atoms with E-state index in [1.165, 1.54) is 32.5 Å². The van der Waals surface area contributed by atoms with Gasteiger partial charge in [-0.15, -0.1) is 0 Å². The maximum absolute atomic E-state index is 12.5. The number of rotatable bonds is 7. The molecule has 2 aromatic rings. The van der Waals surface area contributed by atoms with Crippen molar-refractivity contribution in [1.82, 2.24) is 4.98 Å². The molecule has 8 nitrogen and oxygen atoms in total. The molecule has 0 radical (unpaired) electrons. The average Bonchev–Trinajstić information content (AvgIpc) is 2.60. The Labute approximate surface area is 150 Å². The number of carboxylic acids is 1. The Morgan fingerprint density at radius 2 is 1.85 bits per heavy atom. The summed E-state index contributed by atoms with van der Waals surface area (Å²) in [5.41, 5.74) is 0.413. The SMILES string of the molecule is COc1cc(C(=O)O)cc(NC(=O)c2ccc(OC(C)C)nc2)c1OC. The Bertz CT molecular complexity index is 802. The van der Waals surface area contributed by atoms with E-state index in [1.54, 1.807) is 12.1 Å². The second kappa shape index (κ2) is 8.19. The number of pyridine rings is 1. The lowest BCUT2D eigenvalue weighted by Crippen LogP contribution is -2.14. The predicted octanol–water partition coefficient (Wildman–Crippen LogP) is 2.84. The number of benzene rings is 1. The smallest absolute Gasteiger partial charge is 0.335 e. The van der Waals surface area contributed by atoms with Crippen LogP contribution in [0, 0.1) is 0 Å². The molecule has 2 N–H and O–H groups in total. The molecule has 0 aliphatic heterocycles. The van der Waals surface area contributed by atoms with Crippen LogP contribution in [0.15, 0.2) is 30.5 Å². The number of hydrogen-bond acceptors (Lipinski definition) is 6. The monoisotopic (exact) mass is 360 g/mol. The predicted molar refractivity (Wildman–Crippen MR) is 94.5 cm³/mol. The highest BCUT2D eigenvalue weighted by Crippen LogP contribution is 2.36. The van der Waals surface area contributed by atoms with E-state index in [1.807, 2.05) is 13.8 Å². The average molecular weight is 360 g/mol. The fourth-order valence-electron chi connectivity index (χ4n) is 2.20. The van der Waals surface area contributed by atoms with Gasteiger partial charge in [0, 0.05) is 12.3 Å². The summed E-state index contributed by atoms with van der Waals surface area (Å²) in [5, 5.41) is 11.8. The third-order valence-electron chi connectivity index (χ3n) is 3.33. The highest BCUT2D eigenvalue weighted by Gasteiger charge is 2.18. The molecule has 2 rings (SSSR count). The summed E-state index contributed by atoms with van der Waals surface area (Å²) < 4.78 is 15.8. The number of aromatic nitrogens is 1. The Hall–Kier alpha value is -3.29. The summed E-state index contributed by atoms with van der Waals surface area (Å²) in [4.78, 5) is 27.8. The van der Waals surface area contributed by atoms with Crippen LogP contribution in [-0.2, 0) is 0 Å². The van der Waals surface area contributed by atoms with Gasteiger partial charge in [-0.25, -0.2) is 9.78 Å². The van der Waals surface area contributed by atoms with E-state index in [0.29, 0.717) is 5.88 Å². The molecule has 1 heterocycles. The second-order valence-electron chi connectivity index (χ2n) is 5.57. The number of methoxy groups -OCH3 is 2. The van der Waals surface area contributed by atoms with Crippen LogP contribution in [0.1, 0.15) is 34.6 Å². The molecule has 0 atom stereocenters. The summed E-state index contributed by atoms with van der Waals surface area (Å²) >= 11 is 0. The summed E-state index contributed by atoms with van der Waals surface area (Å²) in [5.74, 6) is -0.807.